The van der Waals surface area contributed by atoms with E-state index in [1.54, 1.807) is 26.8 Å². The lowest BCUT2D eigenvalue weighted by Crippen LogP contribution is -2.60. The Morgan fingerprint density at radius 1 is 1.02 bits per heavy atom. The predicted octanol–water partition coefficient (Wildman–Crippen LogP) is 4.56. The minimum Gasteiger partial charge on any atom is -0.493 e. The number of para-hydroxylation sites is 1. The van der Waals surface area contributed by atoms with Crippen molar-refractivity contribution < 1.29 is 50.6 Å². The monoisotopic (exact) mass is 811 g/mol. The number of hydrogen-bond donors (Lipinski definition) is 3. The van der Waals surface area contributed by atoms with E-state index in [1.807, 2.05) is 67.1 Å². The Bertz CT molecular complexity index is 2210. The van der Waals surface area contributed by atoms with Gasteiger partial charge in [-0.1, -0.05) is 65.0 Å². The number of alkyl halides is 2. The lowest BCUT2D eigenvalue weighted by Gasteiger charge is -2.35. The molecule has 2 saturated carbocycles. The van der Waals surface area contributed by atoms with Gasteiger partial charge in [0, 0.05) is 22.8 Å². The van der Waals surface area contributed by atoms with Crippen LogP contribution >= 0.6 is 0 Å². The molecule has 2 aliphatic carbocycles. The van der Waals surface area contributed by atoms with E-state index >= 15 is 0 Å². The van der Waals surface area contributed by atoms with Crippen molar-refractivity contribution in [1.29, 1.82) is 0 Å². The molecule has 4 amide bonds. The lowest BCUT2D eigenvalue weighted by atomic mass is 9.85. The van der Waals surface area contributed by atoms with Crippen LogP contribution in [0.3, 0.4) is 0 Å². The average Bonchev–Trinajstić information content (AvgIpc) is 4.08. The van der Waals surface area contributed by atoms with Crippen LogP contribution in [0.5, 0.6) is 11.6 Å². The van der Waals surface area contributed by atoms with Gasteiger partial charge in [-0.15, -0.1) is 0 Å². The molecule has 2 aromatic carbocycles. The van der Waals surface area contributed by atoms with Crippen LogP contribution in [0.15, 0.2) is 54.6 Å². The maximum atomic E-state index is 14.6. The molecule has 57 heavy (non-hydrogen) atoms. The van der Waals surface area contributed by atoms with Gasteiger partial charge in [0.1, 0.15) is 36.1 Å². The van der Waals surface area contributed by atoms with Crippen molar-refractivity contribution in [2.45, 2.75) is 95.7 Å². The summed E-state index contributed by atoms with van der Waals surface area (Å²) in [6.45, 7) is 8.77. The zero-order chi connectivity index (χ0) is 41.1. The van der Waals surface area contributed by atoms with Crippen molar-refractivity contribution in [2.75, 3.05) is 19.8 Å². The fourth-order valence-electron chi connectivity index (χ4n) is 7.28. The van der Waals surface area contributed by atoms with Crippen LogP contribution in [0.1, 0.15) is 60.3 Å². The number of benzene rings is 2. The number of ether oxygens (including phenoxy) is 3. The molecule has 17 heteroatoms. The van der Waals surface area contributed by atoms with Crippen molar-refractivity contribution in [3.05, 3.63) is 54.6 Å². The molecule has 3 N–H and O–H groups in total. The van der Waals surface area contributed by atoms with Gasteiger partial charge in [0.05, 0.1) is 29.8 Å². The summed E-state index contributed by atoms with van der Waals surface area (Å²) in [7, 11) is -4.14. The summed E-state index contributed by atoms with van der Waals surface area (Å²) < 4.78 is 74.0. The number of fused-ring (bicyclic) bond motifs is 7. The lowest BCUT2D eigenvalue weighted by molar-refractivity contribution is -0.143. The number of rotatable bonds is 6. The number of sulfonamides is 1. The van der Waals surface area contributed by atoms with E-state index in [2.05, 4.69) is 10.6 Å². The van der Waals surface area contributed by atoms with Crippen LogP contribution in [0.25, 0.3) is 22.0 Å². The minimum absolute atomic E-state index is 0.0705. The molecule has 1 saturated heterocycles. The average molecular weight is 812 g/mol. The van der Waals surface area contributed by atoms with E-state index < -0.39 is 92.4 Å². The van der Waals surface area contributed by atoms with E-state index in [9.17, 15) is 36.4 Å². The molecular weight excluding hydrogens is 765 g/mol. The Kier molecular flexibility index (Phi) is 10.4. The Hall–Kier alpha value is -5.06. The molecule has 7 rings (SSSR count). The summed E-state index contributed by atoms with van der Waals surface area (Å²) >= 11 is 0. The zero-order valence-corrected chi connectivity index (χ0v) is 33.2. The third-order valence-corrected chi connectivity index (χ3v) is 12.6. The van der Waals surface area contributed by atoms with Crippen molar-refractivity contribution in [3.63, 3.8) is 0 Å². The highest BCUT2D eigenvalue weighted by atomic mass is 32.2. The number of halogens is 2. The standard InChI is InChI=1S/C40H47F2N5O9S/c1-38(2,3)31-35(49)47-19-25(17-30(47)33(48)45-40(18-28(40)32(41)42)36(50)46-57(52,53)26-13-14-26)56-34-27(16-23-9-6-7-12-29(23)43-34)22-10-8-11-24(15-22)54-20-39(4,5)21-55-37(51)44-31/h6-12,15-16,25-26,28,30-32H,13-14,17-21H2,1-5H3,(H,44,51)(H,45,48)(H,46,50)/t25?,28-,30-,31+,40?/m0/s1. The molecule has 2 aliphatic heterocycles. The summed E-state index contributed by atoms with van der Waals surface area (Å²) in [6, 6.07) is 14.0. The van der Waals surface area contributed by atoms with Gasteiger partial charge in [-0.25, -0.2) is 27.0 Å². The van der Waals surface area contributed by atoms with Crippen LogP contribution in [-0.4, -0.2) is 97.3 Å². The van der Waals surface area contributed by atoms with Gasteiger partial charge < -0.3 is 29.7 Å². The Morgan fingerprint density at radius 2 is 1.74 bits per heavy atom. The Morgan fingerprint density at radius 3 is 2.42 bits per heavy atom. The number of nitrogens with one attached hydrogen (secondary N) is 3. The van der Waals surface area contributed by atoms with Crippen LogP contribution in [0.4, 0.5) is 13.6 Å². The first-order valence-electron chi connectivity index (χ1n) is 19.0. The summed E-state index contributed by atoms with van der Waals surface area (Å²) in [5, 5.41) is 5.10. The maximum Gasteiger partial charge on any atom is 0.407 e. The summed E-state index contributed by atoms with van der Waals surface area (Å²) in [6.07, 6.45) is -4.87. The number of carbonyl (C=O) groups excluding carboxylic acids is 4. The van der Waals surface area contributed by atoms with E-state index in [0.29, 0.717) is 35.2 Å². The number of hydrogen-bond acceptors (Lipinski definition) is 10. The number of amides is 4. The first-order chi connectivity index (χ1) is 26.8. The third kappa shape index (κ3) is 8.48. The molecule has 0 spiro atoms. The van der Waals surface area contributed by atoms with Crippen LogP contribution in [0, 0.1) is 16.7 Å². The third-order valence-electron chi connectivity index (χ3n) is 10.8. The summed E-state index contributed by atoms with van der Waals surface area (Å²) in [4.78, 5) is 61.7. The molecule has 306 valence electrons. The summed E-state index contributed by atoms with van der Waals surface area (Å²) in [5.41, 5.74) is -1.91. The predicted molar refractivity (Wildman–Crippen MR) is 204 cm³/mol. The van der Waals surface area contributed by atoms with Crippen molar-refractivity contribution >= 4 is 44.7 Å². The SMILES string of the molecule is CC1(C)COC(=O)N[C@@H](C(C)(C)C)C(=O)N2CC(C[C@H]2C(=O)NC2(C(=O)NS(=O)(=O)C3CC3)C[C@H]2C(F)F)Oc2nc3ccccc3cc2-c2cccc(c2)OC1. The van der Waals surface area contributed by atoms with E-state index in [4.69, 9.17) is 19.2 Å². The van der Waals surface area contributed by atoms with Crippen molar-refractivity contribution in [1.82, 2.24) is 25.2 Å². The van der Waals surface area contributed by atoms with Gasteiger partial charge in [-0.2, -0.15) is 0 Å². The topological polar surface area (TPSA) is 182 Å². The maximum absolute atomic E-state index is 14.6. The molecule has 0 radical (unpaired) electrons. The zero-order valence-electron chi connectivity index (χ0n) is 32.3. The van der Waals surface area contributed by atoms with Crippen molar-refractivity contribution in [2.24, 2.45) is 16.7 Å². The van der Waals surface area contributed by atoms with Gasteiger partial charge >= 0.3 is 6.09 Å². The van der Waals surface area contributed by atoms with E-state index in [0.717, 1.165) is 5.39 Å². The second-order valence-electron chi connectivity index (χ2n) is 17.3. The highest BCUT2D eigenvalue weighted by molar-refractivity contribution is 7.91. The second-order valence-corrected chi connectivity index (χ2v) is 19.3. The first kappa shape index (κ1) is 40.1. The molecular formula is C40H47F2N5O9S. The smallest absolute Gasteiger partial charge is 0.407 e. The molecule has 14 nitrogen and oxygen atoms in total. The van der Waals surface area contributed by atoms with Gasteiger partial charge in [-0.3, -0.25) is 19.1 Å². The highest BCUT2D eigenvalue weighted by Crippen LogP contribution is 2.48. The largest absolute Gasteiger partial charge is 0.493 e. The molecule has 3 heterocycles. The minimum atomic E-state index is -4.14. The summed E-state index contributed by atoms with van der Waals surface area (Å²) in [5.74, 6) is -3.84. The van der Waals surface area contributed by atoms with Gasteiger partial charge in [-0.05, 0) is 54.5 Å². The normalized spacial score (nSPS) is 26.5. The van der Waals surface area contributed by atoms with Gasteiger partial charge in [0.15, 0.2) is 0 Å². The van der Waals surface area contributed by atoms with E-state index in [-0.39, 0.29) is 32.1 Å². The van der Waals surface area contributed by atoms with Crippen LogP contribution < -0.4 is 24.8 Å². The van der Waals surface area contributed by atoms with E-state index in [1.165, 1.54) is 4.90 Å². The fraction of sp³-hybridized carbons (Fsp3) is 0.525. The van der Waals surface area contributed by atoms with Crippen LogP contribution in [0.2, 0.25) is 0 Å². The number of alkyl carbamates (subject to hydrolysis) is 1. The number of cyclic esters (lactones) is 1. The number of carbonyl (C=O) groups is 4. The molecule has 2 unspecified atom stereocenters. The Labute approximate surface area is 329 Å². The highest BCUT2D eigenvalue weighted by Gasteiger charge is 2.67. The number of aromatic nitrogens is 1. The van der Waals surface area contributed by atoms with Gasteiger partial charge in [0.25, 0.3) is 5.91 Å². The fourth-order valence-corrected chi connectivity index (χ4v) is 8.64. The Balaban J connectivity index is 1.28. The molecule has 3 fully saturated rings. The molecule has 3 aromatic rings. The number of nitrogens with zero attached hydrogens (tertiary/aromatic N) is 2. The molecule has 5 atom stereocenters. The van der Waals surface area contributed by atoms with Crippen molar-refractivity contribution in [3.8, 4) is 22.8 Å². The number of pyridine rings is 1. The second kappa shape index (κ2) is 14.7. The molecule has 4 aliphatic rings. The quantitative estimate of drug-likeness (QED) is 0.319. The first-order valence-corrected chi connectivity index (χ1v) is 20.5. The van der Waals surface area contributed by atoms with Gasteiger partial charge in [0.2, 0.25) is 34.1 Å². The molecule has 4 bridgehead atoms. The van der Waals surface area contributed by atoms with Crippen LogP contribution in [-0.2, 0) is 29.1 Å². The molecule has 1 aromatic heterocycles.